The van der Waals surface area contributed by atoms with Gasteiger partial charge in [-0.25, -0.2) is 0 Å². The SMILES string of the molecule is S=C=Nc1ccc(-c2ccc3c(c2)CC(C#Cc2ccc(C4CCC4)cc2)=C3)cc1. The second-order valence-electron chi connectivity index (χ2n) is 8.01. The molecule has 0 atom stereocenters. The number of isothiocyanates is 1. The minimum absolute atomic E-state index is 0.775. The van der Waals surface area contributed by atoms with Gasteiger partial charge < -0.3 is 0 Å². The monoisotopic (exact) mass is 403 g/mol. The Morgan fingerprint density at radius 1 is 0.833 bits per heavy atom. The van der Waals surface area contributed by atoms with Crippen molar-refractivity contribution in [3.63, 3.8) is 0 Å². The van der Waals surface area contributed by atoms with Crippen LogP contribution in [0.3, 0.4) is 0 Å². The molecule has 5 rings (SSSR count). The van der Waals surface area contributed by atoms with Crippen LogP contribution in [0.15, 0.2) is 77.3 Å². The smallest absolute Gasteiger partial charge is 0.0739 e. The minimum atomic E-state index is 0.775. The minimum Gasteiger partial charge on any atom is -0.195 e. The van der Waals surface area contributed by atoms with Crippen LogP contribution < -0.4 is 0 Å². The molecule has 30 heavy (non-hydrogen) atoms. The Morgan fingerprint density at radius 2 is 1.60 bits per heavy atom. The van der Waals surface area contributed by atoms with E-state index in [0.717, 1.165) is 23.6 Å². The average Bonchev–Trinajstić information content (AvgIpc) is 3.15. The van der Waals surface area contributed by atoms with Crippen molar-refractivity contribution in [2.45, 2.75) is 31.6 Å². The fraction of sp³-hybridized carbons (Fsp3) is 0.179. The molecule has 0 spiro atoms. The molecule has 0 unspecified atom stereocenters. The lowest BCUT2D eigenvalue weighted by atomic mass is 9.80. The number of aliphatic imine (C=N–C) groups is 1. The molecule has 0 aromatic heterocycles. The summed E-state index contributed by atoms with van der Waals surface area (Å²) in [6.07, 6.45) is 7.15. The van der Waals surface area contributed by atoms with Gasteiger partial charge in [0.1, 0.15) is 0 Å². The summed E-state index contributed by atoms with van der Waals surface area (Å²) < 4.78 is 0. The Bertz CT molecular complexity index is 1230. The second-order valence-corrected chi connectivity index (χ2v) is 8.19. The maximum absolute atomic E-state index is 4.67. The van der Waals surface area contributed by atoms with E-state index in [1.807, 2.05) is 12.1 Å². The number of thiocarbonyl (C=S) groups is 1. The molecule has 2 heteroatoms. The maximum atomic E-state index is 4.67. The van der Waals surface area contributed by atoms with Gasteiger partial charge in [-0.3, -0.25) is 0 Å². The summed E-state index contributed by atoms with van der Waals surface area (Å²) in [5, 5.41) is 2.41. The first-order valence-electron chi connectivity index (χ1n) is 10.4. The molecule has 0 radical (unpaired) electrons. The van der Waals surface area contributed by atoms with E-state index in [0.29, 0.717) is 0 Å². The summed E-state index contributed by atoms with van der Waals surface area (Å²) in [5.41, 5.74) is 9.55. The number of hydrogen-bond acceptors (Lipinski definition) is 2. The van der Waals surface area contributed by atoms with Gasteiger partial charge in [0.15, 0.2) is 0 Å². The lowest BCUT2D eigenvalue weighted by molar-refractivity contribution is 0.420. The molecule has 0 saturated heterocycles. The number of rotatable bonds is 3. The normalized spacial score (nSPS) is 14.6. The molecular formula is C28H21NS. The largest absolute Gasteiger partial charge is 0.195 e. The topological polar surface area (TPSA) is 12.4 Å². The van der Waals surface area contributed by atoms with Crippen molar-refractivity contribution in [1.29, 1.82) is 0 Å². The fourth-order valence-electron chi connectivity index (χ4n) is 4.12. The van der Waals surface area contributed by atoms with E-state index in [1.165, 1.54) is 52.7 Å². The van der Waals surface area contributed by atoms with Crippen molar-refractivity contribution in [3.8, 4) is 23.0 Å². The van der Waals surface area contributed by atoms with Crippen LogP contribution in [0.1, 0.15) is 47.4 Å². The first kappa shape index (κ1) is 18.8. The molecule has 3 aromatic carbocycles. The van der Waals surface area contributed by atoms with Crippen LogP contribution in [0.5, 0.6) is 0 Å². The third-order valence-electron chi connectivity index (χ3n) is 6.08. The van der Waals surface area contributed by atoms with E-state index in [-0.39, 0.29) is 0 Å². The molecule has 1 nitrogen and oxygen atoms in total. The first-order chi connectivity index (χ1) is 14.8. The maximum Gasteiger partial charge on any atom is 0.0739 e. The summed E-state index contributed by atoms with van der Waals surface area (Å²) in [5.74, 6) is 7.50. The van der Waals surface area contributed by atoms with Gasteiger partial charge in [0.25, 0.3) is 0 Å². The third-order valence-corrected chi connectivity index (χ3v) is 6.17. The van der Waals surface area contributed by atoms with Gasteiger partial charge >= 0.3 is 0 Å². The van der Waals surface area contributed by atoms with E-state index in [9.17, 15) is 0 Å². The van der Waals surface area contributed by atoms with E-state index < -0.39 is 0 Å². The van der Waals surface area contributed by atoms with E-state index >= 15 is 0 Å². The molecule has 2 aliphatic carbocycles. The van der Waals surface area contributed by atoms with E-state index in [1.54, 1.807) is 0 Å². The van der Waals surface area contributed by atoms with Crippen molar-refractivity contribution in [2.24, 2.45) is 4.99 Å². The predicted molar refractivity (Wildman–Crippen MR) is 128 cm³/mol. The van der Waals surface area contributed by atoms with Crippen molar-refractivity contribution >= 4 is 29.1 Å². The number of nitrogens with zero attached hydrogens (tertiary/aromatic N) is 1. The highest BCUT2D eigenvalue weighted by atomic mass is 32.1. The van der Waals surface area contributed by atoms with Crippen LogP contribution in [-0.4, -0.2) is 5.16 Å². The quantitative estimate of drug-likeness (QED) is 0.253. The van der Waals surface area contributed by atoms with Crippen molar-refractivity contribution < 1.29 is 0 Å². The summed E-state index contributed by atoms with van der Waals surface area (Å²) in [6.45, 7) is 0. The predicted octanol–water partition coefficient (Wildman–Crippen LogP) is 7.35. The Hall–Kier alpha value is -3.24. The second kappa shape index (κ2) is 8.25. The van der Waals surface area contributed by atoms with Crippen LogP contribution in [0.4, 0.5) is 5.69 Å². The average molecular weight is 404 g/mol. The Labute approximate surface area is 183 Å². The van der Waals surface area contributed by atoms with Crippen molar-refractivity contribution in [2.75, 3.05) is 0 Å². The molecule has 0 bridgehead atoms. The molecule has 0 heterocycles. The first-order valence-corrected chi connectivity index (χ1v) is 10.8. The van der Waals surface area contributed by atoms with Gasteiger partial charge in [0, 0.05) is 17.6 Å². The lowest BCUT2D eigenvalue weighted by Gasteiger charge is -2.25. The van der Waals surface area contributed by atoms with Crippen LogP contribution >= 0.6 is 12.2 Å². The molecule has 0 aliphatic heterocycles. The number of allylic oxidation sites excluding steroid dienone is 1. The lowest BCUT2D eigenvalue weighted by Crippen LogP contribution is -2.08. The number of fused-ring (bicyclic) bond motifs is 1. The Kier molecular flexibility index (Phi) is 5.16. The molecule has 144 valence electrons. The zero-order chi connectivity index (χ0) is 20.3. The number of benzene rings is 3. The van der Waals surface area contributed by atoms with Gasteiger partial charge in [0.2, 0.25) is 0 Å². The highest BCUT2D eigenvalue weighted by Gasteiger charge is 2.18. The fourth-order valence-corrected chi connectivity index (χ4v) is 4.22. The zero-order valence-electron chi connectivity index (χ0n) is 16.7. The van der Waals surface area contributed by atoms with Crippen LogP contribution in [-0.2, 0) is 6.42 Å². The van der Waals surface area contributed by atoms with Crippen LogP contribution in [0.25, 0.3) is 17.2 Å². The Morgan fingerprint density at radius 3 is 2.30 bits per heavy atom. The van der Waals surface area contributed by atoms with Crippen LogP contribution in [0, 0.1) is 11.8 Å². The summed E-state index contributed by atoms with van der Waals surface area (Å²) in [6, 6.07) is 23.5. The molecular weight excluding hydrogens is 382 g/mol. The zero-order valence-corrected chi connectivity index (χ0v) is 17.5. The Balaban J connectivity index is 1.30. The van der Waals surface area contributed by atoms with E-state index in [2.05, 4.69) is 94.9 Å². The van der Waals surface area contributed by atoms with Gasteiger partial charge in [-0.1, -0.05) is 60.7 Å². The van der Waals surface area contributed by atoms with Gasteiger partial charge in [-0.2, -0.15) is 4.99 Å². The molecule has 0 amide bonds. The molecule has 1 saturated carbocycles. The molecule has 1 fully saturated rings. The third kappa shape index (κ3) is 3.91. The van der Waals surface area contributed by atoms with Gasteiger partial charge in [-0.05, 0) is 89.1 Å². The summed E-state index contributed by atoms with van der Waals surface area (Å²) in [4.78, 5) is 4.02. The van der Waals surface area contributed by atoms with Crippen molar-refractivity contribution in [1.82, 2.24) is 0 Å². The molecule has 0 N–H and O–H groups in total. The number of hydrogen-bond donors (Lipinski definition) is 0. The molecule has 2 aliphatic rings. The van der Waals surface area contributed by atoms with Gasteiger partial charge in [0.05, 0.1) is 10.8 Å². The van der Waals surface area contributed by atoms with E-state index in [4.69, 9.17) is 0 Å². The standard InChI is InChI=1S/C28H21NS/c30-19-29-28-14-12-24(13-15-28)26-11-10-25-16-21(17-27(25)18-26)5-4-20-6-8-23(9-7-20)22-2-1-3-22/h6-16,18,22H,1-3,17H2. The van der Waals surface area contributed by atoms with Crippen molar-refractivity contribution in [3.05, 3.63) is 94.6 Å². The highest BCUT2D eigenvalue weighted by molar-refractivity contribution is 7.78. The highest BCUT2D eigenvalue weighted by Crippen LogP contribution is 2.36. The van der Waals surface area contributed by atoms with Crippen LogP contribution in [0.2, 0.25) is 0 Å². The summed E-state index contributed by atoms with van der Waals surface area (Å²) >= 11 is 4.67. The molecule has 3 aromatic rings. The summed E-state index contributed by atoms with van der Waals surface area (Å²) in [7, 11) is 0. The van der Waals surface area contributed by atoms with Gasteiger partial charge in [-0.15, -0.1) is 0 Å².